The molecule has 0 amide bonds. The minimum absolute atomic E-state index is 0.482. The van der Waals surface area contributed by atoms with Crippen LogP contribution in [-0.4, -0.2) is 40.3 Å². The maximum atomic E-state index is 5.32. The molecule has 1 heterocycles. The number of nitrogens with zero attached hydrogens (tertiary/aromatic N) is 3. The first-order valence-electron chi connectivity index (χ1n) is 5.87. The largest absolute Gasteiger partial charge is 0.303 e. The number of thioether (sulfide) groups is 1. The van der Waals surface area contributed by atoms with Gasteiger partial charge < -0.3 is 4.90 Å². The Hall–Kier alpha value is -0.850. The van der Waals surface area contributed by atoms with Crippen molar-refractivity contribution < 1.29 is 0 Å². The van der Waals surface area contributed by atoms with Crippen LogP contribution in [0.25, 0.3) is 0 Å². The van der Waals surface area contributed by atoms with E-state index in [1.807, 2.05) is 13.0 Å². The van der Waals surface area contributed by atoms with Gasteiger partial charge in [0.15, 0.2) is 0 Å². The van der Waals surface area contributed by atoms with E-state index in [9.17, 15) is 0 Å². The summed E-state index contributed by atoms with van der Waals surface area (Å²) in [7, 11) is 0. The van der Waals surface area contributed by atoms with Crippen molar-refractivity contribution in [2.45, 2.75) is 25.8 Å². The molecule has 5 nitrogen and oxygen atoms in total. The zero-order valence-corrected chi connectivity index (χ0v) is 11.5. The standard InChI is InChI=1S/C11H21N5S/c1-4-16(5-2)6-7-17-10-8-9(3)13-11(14-10)15-12/h8H,4-7,12H2,1-3H3,(H,13,14,15). The number of hydrazine groups is 1. The number of aryl methyl sites for hydroxylation is 1. The first kappa shape index (κ1) is 14.2. The smallest absolute Gasteiger partial charge is 0.238 e. The lowest BCUT2D eigenvalue weighted by atomic mass is 10.5. The molecule has 96 valence electrons. The molecule has 0 unspecified atom stereocenters. The molecule has 0 aliphatic carbocycles. The molecule has 1 aromatic rings. The fourth-order valence-corrected chi connectivity index (χ4v) is 2.46. The third kappa shape index (κ3) is 4.89. The third-order valence-corrected chi connectivity index (χ3v) is 3.40. The molecule has 3 N–H and O–H groups in total. The van der Waals surface area contributed by atoms with Crippen molar-refractivity contribution in [3.8, 4) is 0 Å². The summed E-state index contributed by atoms with van der Waals surface area (Å²) in [6, 6.07) is 1.98. The van der Waals surface area contributed by atoms with E-state index in [4.69, 9.17) is 5.84 Å². The number of hydrogen-bond acceptors (Lipinski definition) is 6. The maximum absolute atomic E-state index is 5.32. The molecule has 0 saturated carbocycles. The van der Waals surface area contributed by atoms with E-state index in [-0.39, 0.29) is 0 Å². The monoisotopic (exact) mass is 255 g/mol. The third-order valence-electron chi connectivity index (χ3n) is 2.51. The molecule has 0 aliphatic rings. The van der Waals surface area contributed by atoms with Crippen molar-refractivity contribution in [1.29, 1.82) is 0 Å². The van der Waals surface area contributed by atoms with Gasteiger partial charge in [-0.3, -0.25) is 5.43 Å². The van der Waals surface area contributed by atoms with E-state index < -0.39 is 0 Å². The second-order valence-electron chi connectivity index (χ2n) is 3.69. The Bertz CT molecular complexity index is 341. The highest BCUT2D eigenvalue weighted by Gasteiger charge is 2.03. The summed E-state index contributed by atoms with van der Waals surface area (Å²) in [5.74, 6) is 6.83. The van der Waals surface area contributed by atoms with Crippen LogP contribution in [0.5, 0.6) is 0 Å². The van der Waals surface area contributed by atoms with E-state index in [0.29, 0.717) is 5.95 Å². The maximum Gasteiger partial charge on any atom is 0.238 e. The lowest BCUT2D eigenvalue weighted by Gasteiger charge is -2.17. The molecule has 0 atom stereocenters. The van der Waals surface area contributed by atoms with Crippen molar-refractivity contribution in [2.24, 2.45) is 5.84 Å². The quantitative estimate of drug-likeness (QED) is 0.333. The van der Waals surface area contributed by atoms with Gasteiger partial charge in [0.2, 0.25) is 5.95 Å². The summed E-state index contributed by atoms with van der Waals surface area (Å²) in [5.41, 5.74) is 3.41. The predicted molar refractivity (Wildman–Crippen MR) is 73.1 cm³/mol. The van der Waals surface area contributed by atoms with Crippen molar-refractivity contribution in [3.63, 3.8) is 0 Å². The zero-order valence-electron chi connectivity index (χ0n) is 10.7. The first-order chi connectivity index (χ1) is 8.19. The van der Waals surface area contributed by atoms with Gasteiger partial charge in [-0.2, -0.15) is 0 Å². The van der Waals surface area contributed by atoms with Crippen molar-refractivity contribution in [3.05, 3.63) is 11.8 Å². The fourth-order valence-electron chi connectivity index (χ4n) is 1.50. The molecule has 0 radical (unpaired) electrons. The molecule has 0 saturated heterocycles. The van der Waals surface area contributed by atoms with Crippen LogP contribution in [0, 0.1) is 6.92 Å². The molecule has 17 heavy (non-hydrogen) atoms. The van der Waals surface area contributed by atoms with Crippen molar-refractivity contribution in [1.82, 2.24) is 14.9 Å². The van der Waals surface area contributed by atoms with Gasteiger partial charge in [-0.1, -0.05) is 13.8 Å². The molecular formula is C11H21N5S. The van der Waals surface area contributed by atoms with E-state index >= 15 is 0 Å². The summed E-state index contributed by atoms with van der Waals surface area (Å²) in [4.78, 5) is 10.8. The normalized spacial score (nSPS) is 10.9. The summed E-state index contributed by atoms with van der Waals surface area (Å²) < 4.78 is 0. The van der Waals surface area contributed by atoms with Crippen LogP contribution < -0.4 is 11.3 Å². The minimum Gasteiger partial charge on any atom is -0.303 e. The second-order valence-corrected chi connectivity index (χ2v) is 4.81. The number of anilines is 1. The minimum atomic E-state index is 0.482. The number of rotatable bonds is 7. The van der Waals surface area contributed by atoms with E-state index in [2.05, 4.69) is 34.1 Å². The van der Waals surface area contributed by atoms with Gasteiger partial charge in [-0.05, 0) is 26.1 Å². The fraction of sp³-hybridized carbons (Fsp3) is 0.636. The Kier molecular flexibility index (Phi) is 6.25. The number of nitrogen functional groups attached to an aromatic ring is 1. The second kappa shape index (κ2) is 7.47. The summed E-state index contributed by atoms with van der Waals surface area (Å²) in [5, 5.41) is 0.970. The van der Waals surface area contributed by atoms with Gasteiger partial charge in [0.25, 0.3) is 0 Å². The van der Waals surface area contributed by atoms with E-state index in [1.54, 1.807) is 11.8 Å². The van der Waals surface area contributed by atoms with Crippen LogP contribution in [0.1, 0.15) is 19.5 Å². The van der Waals surface area contributed by atoms with Crippen molar-refractivity contribution >= 4 is 17.7 Å². The number of nitrogens with two attached hydrogens (primary N) is 1. The predicted octanol–water partition coefficient (Wildman–Crippen LogP) is 1.50. The lowest BCUT2D eigenvalue weighted by molar-refractivity contribution is 0.324. The van der Waals surface area contributed by atoms with Gasteiger partial charge in [0.05, 0.1) is 0 Å². The SMILES string of the molecule is CCN(CC)CCSc1cc(C)nc(NN)n1. The van der Waals surface area contributed by atoms with Gasteiger partial charge >= 0.3 is 0 Å². The van der Waals surface area contributed by atoms with Crippen LogP contribution in [0.2, 0.25) is 0 Å². The lowest BCUT2D eigenvalue weighted by Crippen LogP contribution is -2.25. The molecule has 0 bridgehead atoms. The van der Waals surface area contributed by atoms with Crippen LogP contribution >= 0.6 is 11.8 Å². The van der Waals surface area contributed by atoms with E-state index in [1.165, 1.54) is 0 Å². The van der Waals surface area contributed by atoms with Crippen LogP contribution in [-0.2, 0) is 0 Å². The zero-order chi connectivity index (χ0) is 12.7. The highest BCUT2D eigenvalue weighted by Crippen LogP contribution is 2.17. The topological polar surface area (TPSA) is 67.1 Å². The molecule has 0 fully saturated rings. The van der Waals surface area contributed by atoms with Gasteiger partial charge in [-0.15, -0.1) is 11.8 Å². The Morgan fingerprint density at radius 1 is 1.35 bits per heavy atom. The molecule has 0 spiro atoms. The number of hydrogen-bond donors (Lipinski definition) is 2. The van der Waals surface area contributed by atoms with Crippen LogP contribution in [0.4, 0.5) is 5.95 Å². The van der Waals surface area contributed by atoms with Crippen molar-refractivity contribution in [2.75, 3.05) is 30.8 Å². The highest BCUT2D eigenvalue weighted by molar-refractivity contribution is 7.99. The summed E-state index contributed by atoms with van der Waals surface area (Å²) in [6.45, 7) is 9.56. The highest BCUT2D eigenvalue weighted by atomic mass is 32.2. The van der Waals surface area contributed by atoms with Gasteiger partial charge in [-0.25, -0.2) is 15.8 Å². The molecule has 6 heteroatoms. The first-order valence-corrected chi connectivity index (χ1v) is 6.85. The molecule has 1 aromatic heterocycles. The molecule has 1 rings (SSSR count). The average molecular weight is 255 g/mol. The Labute approximate surface area is 107 Å². The van der Waals surface area contributed by atoms with E-state index in [0.717, 1.165) is 36.1 Å². The summed E-state index contributed by atoms with van der Waals surface area (Å²) >= 11 is 1.73. The molecule has 0 aliphatic heterocycles. The van der Waals surface area contributed by atoms with Gasteiger partial charge in [0, 0.05) is 18.0 Å². The van der Waals surface area contributed by atoms with Gasteiger partial charge in [0.1, 0.15) is 5.03 Å². The summed E-state index contributed by atoms with van der Waals surface area (Å²) in [6.07, 6.45) is 0. The molecular weight excluding hydrogens is 234 g/mol. The Morgan fingerprint density at radius 3 is 2.65 bits per heavy atom. The number of aromatic nitrogens is 2. The Morgan fingerprint density at radius 2 is 2.06 bits per heavy atom. The molecule has 0 aromatic carbocycles. The van der Waals surface area contributed by atoms with Crippen LogP contribution in [0.3, 0.4) is 0 Å². The number of nitrogens with one attached hydrogen (secondary N) is 1. The average Bonchev–Trinajstić information content (AvgIpc) is 2.34. The Balaban J connectivity index is 2.48. The van der Waals surface area contributed by atoms with Crippen LogP contribution in [0.15, 0.2) is 11.1 Å².